The van der Waals surface area contributed by atoms with E-state index in [0.717, 1.165) is 23.1 Å². The average molecular weight is 283 g/mol. The van der Waals surface area contributed by atoms with Crippen LogP contribution in [0.25, 0.3) is 0 Å². The first-order chi connectivity index (χ1) is 9.13. The quantitative estimate of drug-likeness (QED) is 0.837. The predicted molar refractivity (Wildman–Crippen MR) is 83.7 cm³/mol. The van der Waals surface area contributed by atoms with Crippen LogP contribution in [0.15, 0.2) is 0 Å². The fourth-order valence-corrected chi connectivity index (χ4v) is 5.81. The van der Waals surface area contributed by atoms with Crippen molar-refractivity contribution in [1.29, 1.82) is 0 Å². The van der Waals surface area contributed by atoms with E-state index in [-0.39, 0.29) is 0 Å². The van der Waals surface area contributed by atoms with E-state index in [1.54, 1.807) is 0 Å². The number of rotatable bonds is 2. The van der Waals surface area contributed by atoms with Gasteiger partial charge >= 0.3 is 0 Å². The van der Waals surface area contributed by atoms with Crippen LogP contribution in [0.2, 0.25) is 0 Å². The Labute approximate surface area is 122 Å². The van der Waals surface area contributed by atoms with Crippen molar-refractivity contribution >= 4 is 11.8 Å². The van der Waals surface area contributed by atoms with Gasteiger partial charge in [0.2, 0.25) is 0 Å². The van der Waals surface area contributed by atoms with Crippen molar-refractivity contribution in [1.82, 2.24) is 9.80 Å². The Bertz CT molecular complexity index is 315. The zero-order valence-electron chi connectivity index (χ0n) is 12.5. The average Bonchev–Trinajstić information content (AvgIpc) is 2.84. The maximum atomic E-state index is 6.28. The molecule has 3 aliphatic rings. The highest BCUT2D eigenvalue weighted by Gasteiger charge is 2.45. The molecule has 3 fully saturated rings. The van der Waals surface area contributed by atoms with E-state index in [4.69, 9.17) is 5.73 Å². The van der Waals surface area contributed by atoms with Gasteiger partial charge in [-0.15, -0.1) is 0 Å². The fourth-order valence-electron chi connectivity index (χ4n) is 4.48. The lowest BCUT2D eigenvalue weighted by Crippen LogP contribution is -2.64. The number of thioether (sulfide) groups is 1. The van der Waals surface area contributed by atoms with Crippen molar-refractivity contribution in [3.63, 3.8) is 0 Å². The van der Waals surface area contributed by atoms with Crippen LogP contribution in [0.1, 0.15) is 39.5 Å². The maximum absolute atomic E-state index is 6.28. The number of hydrogen-bond acceptors (Lipinski definition) is 4. The highest BCUT2D eigenvalue weighted by Crippen LogP contribution is 2.39. The second-order valence-corrected chi connectivity index (χ2v) is 8.76. The molecular formula is C15H29N3S. The molecule has 3 saturated heterocycles. The van der Waals surface area contributed by atoms with Gasteiger partial charge in [0.15, 0.2) is 0 Å². The molecule has 19 heavy (non-hydrogen) atoms. The molecule has 0 spiro atoms. The smallest absolute Gasteiger partial charge is 0.0359 e. The largest absolute Gasteiger partial charge is 0.329 e. The molecule has 4 heteroatoms. The van der Waals surface area contributed by atoms with E-state index in [9.17, 15) is 0 Å². The highest BCUT2D eigenvalue weighted by molar-refractivity contribution is 8.00. The molecule has 0 bridgehead atoms. The Morgan fingerprint density at radius 3 is 2.63 bits per heavy atom. The summed E-state index contributed by atoms with van der Waals surface area (Å²) >= 11 is 2.14. The van der Waals surface area contributed by atoms with E-state index >= 15 is 0 Å². The van der Waals surface area contributed by atoms with Crippen LogP contribution >= 0.6 is 11.8 Å². The van der Waals surface area contributed by atoms with Crippen LogP contribution in [-0.4, -0.2) is 64.6 Å². The Kier molecular flexibility index (Phi) is 4.14. The zero-order valence-corrected chi connectivity index (χ0v) is 13.3. The molecule has 3 aliphatic heterocycles. The summed E-state index contributed by atoms with van der Waals surface area (Å²) in [5, 5.41) is 1.52. The highest BCUT2D eigenvalue weighted by atomic mass is 32.2. The van der Waals surface area contributed by atoms with Gasteiger partial charge in [0, 0.05) is 48.3 Å². The Morgan fingerprint density at radius 1 is 1.21 bits per heavy atom. The first-order valence-electron chi connectivity index (χ1n) is 7.97. The predicted octanol–water partition coefficient (Wildman–Crippen LogP) is 1.77. The third-order valence-corrected chi connectivity index (χ3v) is 6.68. The monoisotopic (exact) mass is 283 g/mol. The minimum atomic E-state index is 0.301. The zero-order chi connectivity index (χ0) is 13.5. The Hall–Kier alpha value is 0.230. The first-order valence-corrected chi connectivity index (χ1v) is 8.92. The van der Waals surface area contributed by atoms with Crippen molar-refractivity contribution in [3.05, 3.63) is 0 Å². The topological polar surface area (TPSA) is 32.5 Å². The summed E-state index contributed by atoms with van der Waals surface area (Å²) in [6.07, 6.45) is 5.39. The molecule has 110 valence electrons. The number of nitrogens with zero attached hydrogens (tertiary/aromatic N) is 2. The van der Waals surface area contributed by atoms with Crippen molar-refractivity contribution in [3.8, 4) is 0 Å². The second-order valence-electron chi connectivity index (χ2n) is 6.88. The first kappa shape index (κ1) is 14.2. The molecule has 0 radical (unpaired) electrons. The molecule has 0 aromatic heterocycles. The lowest BCUT2D eigenvalue weighted by molar-refractivity contribution is 0.00933. The van der Waals surface area contributed by atoms with Gasteiger partial charge in [0.05, 0.1) is 0 Å². The molecule has 3 rings (SSSR count). The molecule has 0 aromatic carbocycles. The van der Waals surface area contributed by atoms with Crippen molar-refractivity contribution < 1.29 is 0 Å². The van der Waals surface area contributed by atoms with Gasteiger partial charge in [-0.3, -0.25) is 4.90 Å². The number of fused-ring (bicyclic) bond motifs is 1. The van der Waals surface area contributed by atoms with Crippen LogP contribution in [0.5, 0.6) is 0 Å². The number of nitrogens with two attached hydrogens (primary N) is 1. The van der Waals surface area contributed by atoms with E-state index in [1.165, 1.54) is 51.9 Å². The van der Waals surface area contributed by atoms with Gasteiger partial charge in [-0.05, 0) is 32.2 Å². The summed E-state index contributed by atoms with van der Waals surface area (Å²) in [6.45, 7) is 10.7. The van der Waals surface area contributed by atoms with Gasteiger partial charge in [-0.25, -0.2) is 0 Å². The fraction of sp³-hybridized carbons (Fsp3) is 1.00. The SMILES string of the molecule is CC1CN(C2(CN)CCN3CCCC3C2)CC(C)S1. The van der Waals surface area contributed by atoms with Crippen molar-refractivity contribution in [2.75, 3.05) is 32.7 Å². The number of hydrogen-bond donors (Lipinski definition) is 1. The van der Waals surface area contributed by atoms with Crippen LogP contribution in [0.4, 0.5) is 0 Å². The number of piperidine rings is 1. The summed E-state index contributed by atoms with van der Waals surface area (Å²) in [7, 11) is 0. The molecule has 0 aromatic rings. The van der Waals surface area contributed by atoms with Gasteiger partial charge < -0.3 is 10.6 Å². The van der Waals surface area contributed by atoms with E-state index in [1.807, 2.05) is 0 Å². The summed E-state index contributed by atoms with van der Waals surface area (Å²) in [5.74, 6) is 0. The normalized spacial score (nSPS) is 45.3. The molecule has 2 N–H and O–H groups in total. The standard InChI is InChI=1S/C15H29N3S/c1-12-9-18(10-13(2)19-12)15(11-16)5-7-17-6-3-4-14(17)8-15/h12-14H,3-11,16H2,1-2H3. The molecule has 4 atom stereocenters. The van der Waals surface area contributed by atoms with Crippen LogP contribution in [-0.2, 0) is 0 Å². The summed E-state index contributed by atoms with van der Waals surface area (Å²) in [6, 6.07) is 0.817. The third kappa shape index (κ3) is 2.69. The van der Waals surface area contributed by atoms with E-state index < -0.39 is 0 Å². The van der Waals surface area contributed by atoms with Gasteiger partial charge in [0.25, 0.3) is 0 Å². The lowest BCUT2D eigenvalue weighted by Gasteiger charge is -2.53. The summed E-state index contributed by atoms with van der Waals surface area (Å²) in [5.41, 5.74) is 6.58. The maximum Gasteiger partial charge on any atom is 0.0359 e. The van der Waals surface area contributed by atoms with Gasteiger partial charge in [0.1, 0.15) is 0 Å². The molecule has 0 amide bonds. The third-order valence-electron chi connectivity index (χ3n) is 5.45. The minimum absolute atomic E-state index is 0.301. The van der Waals surface area contributed by atoms with Gasteiger partial charge in [-0.1, -0.05) is 13.8 Å². The van der Waals surface area contributed by atoms with Crippen LogP contribution < -0.4 is 5.73 Å². The molecular weight excluding hydrogens is 254 g/mol. The summed E-state index contributed by atoms with van der Waals surface area (Å²) < 4.78 is 0. The Morgan fingerprint density at radius 2 is 1.95 bits per heavy atom. The van der Waals surface area contributed by atoms with Crippen molar-refractivity contribution in [2.45, 2.75) is 61.6 Å². The van der Waals surface area contributed by atoms with Crippen molar-refractivity contribution in [2.24, 2.45) is 5.73 Å². The minimum Gasteiger partial charge on any atom is -0.329 e. The van der Waals surface area contributed by atoms with Crippen LogP contribution in [0, 0.1) is 0 Å². The lowest BCUT2D eigenvalue weighted by atomic mass is 9.81. The summed E-state index contributed by atoms with van der Waals surface area (Å²) in [4.78, 5) is 5.47. The Balaban J connectivity index is 1.75. The molecule has 3 heterocycles. The second kappa shape index (κ2) is 5.55. The van der Waals surface area contributed by atoms with E-state index in [2.05, 4.69) is 35.4 Å². The molecule has 0 aliphatic carbocycles. The van der Waals surface area contributed by atoms with Crippen LogP contribution in [0.3, 0.4) is 0 Å². The van der Waals surface area contributed by atoms with E-state index in [0.29, 0.717) is 5.54 Å². The molecule has 4 unspecified atom stereocenters. The van der Waals surface area contributed by atoms with Gasteiger partial charge in [-0.2, -0.15) is 11.8 Å². The molecule has 3 nitrogen and oxygen atoms in total. The molecule has 0 saturated carbocycles.